The summed E-state index contributed by atoms with van der Waals surface area (Å²) in [5.74, 6) is 1.04. The van der Waals surface area contributed by atoms with Gasteiger partial charge in [-0.05, 0) is 44.2 Å². The number of hydrogen-bond donors (Lipinski definition) is 0. The molecule has 0 amide bonds. The molecule has 0 bridgehead atoms. The number of aromatic nitrogens is 6. The van der Waals surface area contributed by atoms with Crippen molar-refractivity contribution in [1.82, 2.24) is 29.0 Å². The molecule has 0 saturated heterocycles. The van der Waals surface area contributed by atoms with Crippen LogP contribution in [0.1, 0.15) is 53.9 Å². The van der Waals surface area contributed by atoms with Crippen molar-refractivity contribution >= 4 is 22.1 Å². The van der Waals surface area contributed by atoms with E-state index < -0.39 is 0 Å². The second-order valence-electron chi connectivity index (χ2n) is 8.18. The van der Waals surface area contributed by atoms with Crippen molar-refractivity contribution < 1.29 is 0 Å². The third kappa shape index (κ3) is 2.78. The Labute approximate surface area is 175 Å². The van der Waals surface area contributed by atoms with Gasteiger partial charge in [0.2, 0.25) is 0 Å². The molecule has 5 aromatic rings. The Balaban J connectivity index is 1.57. The maximum atomic E-state index is 5.09. The largest absolute Gasteiger partial charge is 0.304 e. The first-order chi connectivity index (χ1) is 14.5. The lowest BCUT2D eigenvalue weighted by Crippen LogP contribution is -2.03. The molecule has 5 rings (SSSR count). The first-order valence-corrected chi connectivity index (χ1v) is 10.5. The Hall–Kier alpha value is -3.28. The molecule has 0 N–H and O–H groups in total. The van der Waals surface area contributed by atoms with E-state index >= 15 is 0 Å². The van der Waals surface area contributed by atoms with Gasteiger partial charge in [0.25, 0.3) is 0 Å². The highest BCUT2D eigenvalue weighted by Crippen LogP contribution is 2.29. The molecule has 0 aliphatic carbocycles. The van der Waals surface area contributed by atoms with Crippen LogP contribution >= 0.6 is 0 Å². The van der Waals surface area contributed by atoms with Crippen LogP contribution < -0.4 is 0 Å². The summed E-state index contributed by atoms with van der Waals surface area (Å²) in [6.07, 6.45) is 5.75. The van der Waals surface area contributed by atoms with Crippen molar-refractivity contribution in [3.05, 3.63) is 70.8 Å². The van der Waals surface area contributed by atoms with Crippen molar-refractivity contribution in [1.29, 1.82) is 0 Å². The number of hydrogen-bond acceptors (Lipinski definition) is 4. The molecule has 4 aromatic heterocycles. The third-order valence-corrected chi connectivity index (χ3v) is 6.10. The van der Waals surface area contributed by atoms with E-state index in [2.05, 4.69) is 60.6 Å². The van der Waals surface area contributed by atoms with Crippen LogP contribution in [-0.4, -0.2) is 29.0 Å². The van der Waals surface area contributed by atoms with Crippen molar-refractivity contribution in [2.45, 2.75) is 53.4 Å². The SMILES string of the molecule is CCc1cccc2c1ccn1c(C)c([C@H](C)Cc3nc4c(C)ncc(C)n4n3)nc21. The van der Waals surface area contributed by atoms with Gasteiger partial charge in [-0.1, -0.05) is 32.0 Å². The predicted molar refractivity (Wildman–Crippen MR) is 119 cm³/mol. The summed E-state index contributed by atoms with van der Waals surface area (Å²) in [4.78, 5) is 14.2. The predicted octanol–water partition coefficient (Wildman–Crippen LogP) is 4.76. The number of imidazole rings is 1. The van der Waals surface area contributed by atoms with Gasteiger partial charge in [-0.15, -0.1) is 0 Å². The second-order valence-corrected chi connectivity index (χ2v) is 8.18. The van der Waals surface area contributed by atoms with Crippen LogP contribution in [0.2, 0.25) is 0 Å². The molecule has 1 aromatic carbocycles. The van der Waals surface area contributed by atoms with E-state index in [4.69, 9.17) is 15.1 Å². The maximum absolute atomic E-state index is 5.09. The molecule has 0 aliphatic rings. The van der Waals surface area contributed by atoms with Crippen LogP contribution in [0.4, 0.5) is 0 Å². The van der Waals surface area contributed by atoms with E-state index in [0.717, 1.165) is 47.0 Å². The summed E-state index contributed by atoms with van der Waals surface area (Å²) in [5, 5.41) is 7.22. The summed E-state index contributed by atoms with van der Waals surface area (Å²) in [6.45, 7) is 10.5. The number of nitrogens with zero attached hydrogens (tertiary/aromatic N) is 6. The first-order valence-electron chi connectivity index (χ1n) is 10.5. The molecule has 0 radical (unpaired) electrons. The molecule has 152 valence electrons. The number of aryl methyl sites for hydroxylation is 4. The van der Waals surface area contributed by atoms with Crippen LogP contribution in [0, 0.1) is 20.8 Å². The summed E-state index contributed by atoms with van der Waals surface area (Å²) >= 11 is 0. The van der Waals surface area contributed by atoms with Crippen LogP contribution in [0.5, 0.6) is 0 Å². The van der Waals surface area contributed by atoms with Gasteiger partial charge in [-0.3, -0.25) is 4.98 Å². The smallest absolute Gasteiger partial charge is 0.177 e. The van der Waals surface area contributed by atoms with Crippen molar-refractivity contribution in [3.8, 4) is 0 Å². The Kier molecular flexibility index (Phi) is 4.31. The minimum absolute atomic E-state index is 0.209. The van der Waals surface area contributed by atoms with Crippen molar-refractivity contribution in [2.75, 3.05) is 0 Å². The number of rotatable bonds is 4. The Bertz CT molecular complexity index is 1370. The molecule has 30 heavy (non-hydrogen) atoms. The van der Waals surface area contributed by atoms with Crippen LogP contribution in [-0.2, 0) is 12.8 Å². The Morgan fingerprint density at radius 1 is 1.00 bits per heavy atom. The van der Waals surface area contributed by atoms with E-state index in [1.54, 1.807) is 0 Å². The van der Waals surface area contributed by atoms with E-state index in [0.29, 0.717) is 0 Å². The zero-order valence-corrected chi connectivity index (χ0v) is 18.1. The van der Waals surface area contributed by atoms with Crippen molar-refractivity contribution in [2.24, 2.45) is 0 Å². The van der Waals surface area contributed by atoms with E-state index in [1.807, 2.05) is 24.6 Å². The molecule has 0 unspecified atom stereocenters. The normalized spacial score (nSPS) is 13.0. The lowest BCUT2D eigenvalue weighted by Gasteiger charge is -2.07. The first kappa shape index (κ1) is 18.7. The summed E-state index contributed by atoms with van der Waals surface area (Å²) < 4.78 is 4.10. The fourth-order valence-corrected chi connectivity index (χ4v) is 4.43. The monoisotopic (exact) mass is 398 g/mol. The quantitative estimate of drug-likeness (QED) is 0.438. The van der Waals surface area contributed by atoms with E-state index in [-0.39, 0.29) is 5.92 Å². The Morgan fingerprint density at radius 3 is 2.60 bits per heavy atom. The van der Waals surface area contributed by atoms with E-state index in [9.17, 15) is 0 Å². The highest BCUT2D eigenvalue weighted by atomic mass is 15.3. The summed E-state index contributed by atoms with van der Waals surface area (Å²) in [5.41, 5.74) is 7.40. The average Bonchev–Trinajstić information content (AvgIpc) is 3.32. The summed E-state index contributed by atoms with van der Waals surface area (Å²) in [7, 11) is 0. The molecule has 6 nitrogen and oxygen atoms in total. The van der Waals surface area contributed by atoms with Gasteiger partial charge < -0.3 is 4.40 Å². The summed E-state index contributed by atoms with van der Waals surface area (Å²) in [6, 6.07) is 8.72. The molecule has 0 spiro atoms. The molecule has 1 atom stereocenters. The van der Waals surface area contributed by atoms with Crippen LogP contribution in [0.15, 0.2) is 36.7 Å². The van der Waals surface area contributed by atoms with Gasteiger partial charge >= 0.3 is 0 Å². The molecule has 0 saturated carbocycles. The lowest BCUT2D eigenvalue weighted by molar-refractivity contribution is 0.691. The highest BCUT2D eigenvalue weighted by molar-refractivity contribution is 5.96. The lowest BCUT2D eigenvalue weighted by atomic mass is 10.0. The number of benzene rings is 1. The molecular formula is C24H26N6. The second kappa shape index (κ2) is 6.90. The molecular weight excluding hydrogens is 372 g/mol. The molecule has 6 heteroatoms. The molecule has 0 aliphatic heterocycles. The van der Waals surface area contributed by atoms with Crippen molar-refractivity contribution in [3.63, 3.8) is 0 Å². The van der Waals surface area contributed by atoms with Gasteiger partial charge in [0.1, 0.15) is 5.65 Å². The van der Waals surface area contributed by atoms with Gasteiger partial charge in [0.05, 0.1) is 17.1 Å². The fourth-order valence-electron chi connectivity index (χ4n) is 4.43. The minimum Gasteiger partial charge on any atom is -0.304 e. The molecule has 4 heterocycles. The average molecular weight is 399 g/mol. The highest BCUT2D eigenvalue weighted by Gasteiger charge is 2.20. The Morgan fingerprint density at radius 2 is 1.83 bits per heavy atom. The third-order valence-electron chi connectivity index (χ3n) is 6.10. The standard InChI is InChI=1S/C24H26N6/c1-6-18-8-7-9-20-19(18)10-11-29-17(5)22(27-24(20)29)14(2)12-21-26-23-16(4)25-13-15(3)30(23)28-21/h7-11,13-14H,6,12H2,1-5H3/t14-/m1/s1. The van der Waals surface area contributed by atoms with Gasteiger partial charge in [0.15, 0.2) is 11.5 Å². The minimum atomic E-state index is 0.209. The van der Waals surface area contributed by atoms with Gasteiger partial charge in [-0.25, -0.2) is 14.5 Å². The maximum Gasteiger partial charge on any atom is 0.177 e. The fraction of sp³-hybridized carbons (Fsp3) is 0.333. The number of pyridine rings is 1. The van der Waals surface area contributed by atoms with Gasteiger partial charge in [-0.2, -0.15) is 5.10 Å². The zero-order valence-electron chi connectivity index (χ0n) is 18.1. The van der Waals surface area contributed by atoms with Crippen LogP contribution in [0.25, 0.3) is 22.1 Å². The topological polar surface area (TPSA) is 60.4 Å². The zero-order chi connectivity index (χ0) is 21.0. The van der Waals surface area contributed by atoms with Gasteiger partial charge in [0, 0.05) is 35.8 Å². The number of fused-ring (bicyclic) bond motifs is 4. The molecule has 0 fully saturated rings. The van der Waals surface area contributed by atoms with Crippen LogP contribution in [0.3, 0.4) is 0 Å². The van der Waals surface area contributed by atoms with E-state index in [1.165, 1.54) is 22.0 Å².